The molecule has 8 heteroatoms. The lowest BCUT2D eigenvalue weighted by molar-refractivity contribution is -0.145. The van der Waals surface area contributed by atoms with Gasteiger partial charge in [0.15, 0.2) is 0 Å². The molecule has 0 saturated carbocycles. The van der Waals surface area contributed by atoms with Gasteiger partial charge in [0.05, 0.1) is 18.6 Å². The van der Waals surface area contributed by atoms with Crippen LogP contribution in [0.25, 0.3) is 0 Å². The Labute approximate surface area is 225 Å². The molecule has 1 spiro atoms. The summed E-state index contributed by atoms with van der Waals surface area (Å²) in [5, 5.41) is 2.73. The Hall–Kier alpha value is -3.39. The van der Waals surface area contributed by atoms with Crippen molar-refractivity contribution in [3.63, 3.8) is 0 Å². The fraction of sp³-hybridized carbons (Fsp3) is 0.500. The van der Waals surface area contributed by atoms with E-state index >= 15 is 0 Å². The molecule has 8 nitrogen and oxygen atoms in total. The van der Waals surface area contributed by atoms with Gasteiger partial charge in [-0.1, -0.05) is 60.7 Å². The fourth-order valence-electron chi connectivity index (χ4n) is 5.62. The second-order valence-corrected chi connectivity index (χ2v) is 11.4. The number of carbonyl (C=O) groups is 3. The minimum absolute atomic E-state index is 0.00751. The van der Waals surface area contributed by atoms with E-state index in [1.807, 2.05) is 55.6 Å². The molecule has 4 rings (SSSR count). The van der Waals surface area contributed by atoms with E-state index in [0.717, 1.165) is 11.1 Å². The molecule has 3 atom stereocenters. The minimum Gasteiger partial charge on any atom is -0.444 e. The lowest BCUT2D eigenvalue weighted by Crippen LogP contribution is -2.57. The Bertz CT molecular complexity index is 1120. The highest BCUT2D eigenvalue weighted by atomic mass is 16.6. The molecule has 204 valence electrons. The molecule has 3 amide bonds. The number of alkyl carbamates (subject to hydrolysis) is 1. The van der Waals surface area contributed by atoms with Gasteiger partial charge in [0.1, 0.15) is 11.6 Å². The molecule has 38 heavy (non-hydrogen) atoms. The third kappa shape index (κ3) is 6.35. The first-order chi connectivity index (χ1) is 18.1. The number of nitrogens with zero attached hydrogens (tertiary/aromatic N) is 2. The first-order valence-corrected chi connectivity index (χ1v) is 13.3. The summed E-state index contributed by atoms with van der Waals surface area (Å²) in [5.41, 5.74) is 0.680. The van der Waals surface area contributed by atoms with Crippen molar-refractivity contribution in [3.05, 3.63) is 71.8 Å². The largest absolute Gasteiger partial charge is 0.444 e. The second-order valence-electron chi connectivity index (χ2n) is 11.4. The summed E-state index contributed by atoms with van der Waals surface area (Å²) in [4.78, 5) is 43.6. The van der Waals surface area contributed by atoms with Crippen LogP contribution in [0.15, 0.2) is 60.7 Å². The molecular weight excluding hydrogens is 482 g/mol. The number of likely N-dealkylation sites (N-methyl/N-ethyl adjacent to an activating group) is 1. The highest BCUT2D eigenvalue weighted by Crippen LogP contribution is 2.49. The molecule has 0 radical (unpaired) electrons. The predicted molar refractivity (Wildman–Crippen MR) is 144 cm³/mol. The molecule has 2 aromatic rings. The van der Waals surface area contributed by atoms with E-state index in [9.17, 15) is 14.4 Å². The van der Waals surface area contributed by atoms with E-state index in [4.69, 9.17) is 9.47 Å². The molecule has 2 fully saturated rings. The molecule has 2 unspecified atom stereocenters. The zero-order valence-corrected chi connectivity index (χ0v) is 22.8. The van der Waals surface area contributed by atoms with Crippen LogP contribution in [0.1, 0.15) is 50.7 Å². The highest BCUT2D eigenvalue weighted by molar-refractivity contribution is 5.90. The molecular formula is C30H39N3O5. The van der Waals surface area contributed by atoms with E-state index < -0.39 is 23.2 Å². The number of carbonyl (C=O) groups excluding carboxylic acids is 3. The molecule has 0 aromatic heterocycles. The van der Waals surface area contributed by atoms with E-state index in [1.165, 1.54) is 0 Å². The van der Waals surface area contributed by atoms with Gasteiger partial charge in [0, 0.05) is 32.6 Å². The van der Waals surface area contributed by atoms with Crippen LogP contribution in [0.3, 0.4) is 0 Å². The van der Waals surface area contributed by atoms with Crippen molar-refractivity contribution in [2.75, 3.05) is 33.3 Å². The monoisotopic (exact) mass is 521 g/mol. The molecule has 2 heterocycles. The SMILES string of the molecule is CN1CC(c2ccccc2)C2(CCCN(C(=O)[C@@H](COCc3ccccc3)NC(=O)OC(C)(C)C)C2)C1=O. The molecule has 2 aliphatic heterocycles. The van der Waals surface area contributed by atoms with Crippen LogP contribution in [-0.4, -0.2) is 72.6 Å². The number of rotatable bonds is 7. The number of ether oxygens (including phenoxy) is 2. The van der Waals surface area contributed by atoms with Crippen LogP contribution < -0.4 is 5.32 Å². The van der Waals surface area contributed by atoms with Gasteiger partial charge in [-0.2, -0.15) is 0 Å². The van der Waals surface area contributed by atoms with E-state index in [0.29, 0.717) is 39.1 Å². The Morgan fingerprint density at radius 2 is 1.74 bits per heavy atom. The summed E-state index contributed by atoms with van der Waals surface area (Å²) >= 11 is 0. The highest BCUT2D eigenvalue weighted by Gasteiger charge is 2.55. The molecule has 2 aliphatic rings. The molecule has 0 bridgehead atoms. The van der Waals surface area contributed by atoms with Crippen molar-refractivity contribution >= 4 is 17.9 Å². The Morgan fingerprint density at radius 1 is 1.08 bits per heavy atom. The van der Waals surface area contributed by atoms with Gasteiger partial charge in [-0.15, -0.1) is 0 Å². The molecule has 1 N–H and O–H groups in total. The maximum absolute atomic E-state index is 13.9. The van der Waals surface area contributed by atoms with Crippen molar-refractivity contribution in [2.45, 2.75) is 57.8 Å². The lowest BCUT2D eigenvalue weighted by Gasteiger charge is -2.43. The summed E-state index contributed by atoms with van der Waals surface area (Å²) in [7, 11) is 1.83. The maximum Gasteiger partial charge on any atom is 0.408 e. The number of likely N-dealkylation sites (tertiary alicyclic amines) is 2. The van der Waals surface area contributed by atoms with Gasteiger partial charge >= 0.3 is 6.09 Å². The molecule has 2 saturated heterocycles. The molecule has 0 aliphatic carbocycles. The quantitative estimate of drug-likeness (QED) is 0.596. The van der Waals surface area contributed by atoms with Crippen molar-refractivity contribution in [3.8, 4) is 0 Å². The third-order valence-electron chi connectivity index (χ3n) is 7.32. The predicted octanol–water partition coefficient (Wildman–Crippen LogP) is 3.96. The lowest BCUT2D eigenvalue weighted by atomic mass is 9.69. The van der Waals surface area contributed by atoms with Crippen LogP contribution in [0, 0.1) is 5.41 Å². The first-order valence-electron chi connectivity index (χ1n) is 13.3. The maximum atomic E-state index is 13.9. The number of amides is 3. The van der Waals surface area contributed by atoms with Crippen molar-refractivity contribution in [2.24, 2.45) is 5.41 Å². The van der Waals surface area contributed by atoms with Crippen molar-refractivity contribution in [1.82, 2.24) is 15.1 Å². The summed E-state index contributed by atoms with van der Waals surface area (Å²) in [5.74, 6) is -0.207. The Kier molecular flexibility index (Phi) is 8.41. The Morgan fingerprint density at radius 3 is 2.39 bits per heavy atom. The van der Waals surface area contributed by atoms with Gasteiger partial charge in [-0.05, 0) is 44.7 Å². The van der Waals surface area contributed by atoms with Crippen LogP contribution in [-0.2, 0) is 25.7 Å². The number of benzene rings is 2. The minimum atomic E-state index is -0.937. The zero-order chi connectivity index (χ0) is 27.3. The van der Waals surface area contributed by atoms with Gasteiger partial charge in [-0.25, -0.2) is 4.79 Å². The summed E-state index contributed by atoms with van der Waals surface area (Å²) in [6, 6.07) is 18.8. The Balaban J connectivity index is 1.53. The normalized spacial score (nSPS) is 22.4. The van der Waals surface area contributed by atoms with E-state index in [1.54, 1.807) is 30.6 Å². The van der Waals surface area contributed by atoms with E-state index in [-0.39, 0.29) is 24.3 Å². The number of piperidine rings is 1. The summed E-state index contributed by atoms with van der Waals surface area (Å²) in [6.45, 7) is 7.06. The number of hydrogen-bond donors (Lipinski definition) is 1. The standard InChI is InChI=1S/C30H39N3O5/c1-29(2,3)38-28(36)31-25(20-37-19-22-12-7-5-8-13-22)26(34)33-17-11-16-30(21-33)24(18-32(4)27(30)35)23-14-9-6-10-15-23/h5-10,12-15,24-25H,11,16-21H2,1-4H3,(H,31,36)/t24?,25-,30?/m1/s1. The summed E-state index contributed by atoms with van der Waals surface area (Å²) in [6.07, 6.45) is 0.747. The van der Waals surface area contributed by atoms with Gasteiger partial charge in [-0.3, -0.25) is 9.59 Å². The molecule has 2 aromatic carbocycles. The van der Waals surface area contributed by atoms with Gasteiger partial charge in [0.25, 0.3) is 0 Å². The fourth-order valence-corrected chi connectivity index (χ4v) is 5.62. The van der Waals surface area contributed by atoms with Gasteiger partial charge in [0.2, 0.25) is 11.8 Å². The second kappa shape index (κ2) is 11.6. The summed E-state index contributed by atoms with van der Waals surface area (Å²) < 4.78 is 11.3. The topological polar surface area (TPSA) is 88.2 Å². The first kappa shape index (κ1) is 27.6. The smallest absolute Gasteiger partial charge is 0.408 e. The van der Waals surface area contributed by atoms with Crippen LogP contribution in [0.5, 0.6) is 0 Å². The van der Waals surface area contributed by atoms with Crippen molar-refractivity contribution in [1.29, 1.82) is 0 Å². The van der Waals surface area contributed by atoms with E-state index in [2.05, 4.69) is 17.4 Å². The van der Waals surface area contributed by atoms with Crippen LogP contribution in [0.2, 0.25) is 0 Å². The van der Waals surface area contributed by atoms with Crippen LogP contribution in [0.4, 0.5) is 4.79 Å². The number of hydrogen-bond acceptors (Lipinski definition) is 5. The zero-order valence-electron chi connectivity index (χ0n) is 22.8. The number of nitrogens with one attached hydrogen (secondary N) is 1. The van der Waals surface area contributed by atoms with Crippen LogP contribution >= 0.6 is 0 Å². The van der Waals surface area contributed by atoms with Gasteiger partial charge < -0.3 is 24.6 Å². The average Bonchev–Trinajstić information content (AvgIpc) is 3.12. The van der Waals surface area contributed by atoms with Crippen molar-refractivity contribution < 1.29 is 23.9 Å². The average molecular weight is 522 g/mol. The third-order valence-corrected chi connectivity index (χ3v) is 7.32.